The van der Waals surface area contributed by atoms with E-state index in [4.69, 9.17) is 5.84 Å². The summed E-state index contributed by atoms with van der Waals surface area (Å²) in [5.41, 5.74) is 3.95. The van der Waals surface area contributed by atoms with Crippen LogP contribution in [0, 0.1) is 0 Å². The van der Waals surface area contributed by atoms with E-state index in [9.17, 15) is 0 Å². The summed E-state index contributed by atoms with van der Waals surface area (Å²) in [7, 11) is 0. The monoisotopic (exact) mass is 224 g/mol. The third kappa shape index (κ3) is 2.37. The Bertz CT molecular complexity index is 391. The maximum atomic E-state index is 5.49. The van der Waals surface area contributed by atoms with Gasteiger partial charge in [-0.1, -0.05) is 13.3 Å². The zero-order valence-electron chi connectivity index (χ0n) is 8.81. The average Bonchev–Trinajstić information content (AvgIpc) is 2.77. The smallest absolute Gasteiger partial charge is 0.193 e. The summed E-state index contributed by atoms with van der Waals surface area (Å²) in [6.07, 6.45) is 7.23. The van der Waals surface area contributed by atoms with Crippen LogP contribution in [0.1, 0.15) is 25.5 Å². The number of hydrogen-bond donors (Lipinski definition) is 2. The highest BCUT2D eigenvalue weighted by Gasteiger charge is 2.09. The lowest BCUT2D eigenvalue weighted by molar-refractivity contribution is 0.482. The molecular formula is C10H16N4S. The Morgan fingerprint density at radius 2 is 2.53 bits per heavy atom. The minimum absolute atomic E-state index is 0.333. The van der Waals surface area contributed by atoms with Crippen LogP contribution in [-0.2, 0) is 6.42 Å². The normalized spacial score (nSPS) is 13.5. The first-order valence-corrected chi connectivity index (χ1v) is 6.08. The summed E-state index contributed by atoms with van der Waals surface area (Å²) in [5.74, 6) is 5.49. The van der Waals surface area contributed by atoms with Crippen molar-refractivity contribution in [3.8, 4) is 0 Å². The Hall–Kier alpha value is -0.910. The van der Waals surface area contributed by atoms with Crippen molar-refractivity contribution in [3.63, 3.8) is 0 Å². The van der Waals surface area contributed by atoms with Gasteiger partial charge in [-0.05, 0) is 6.42 Å². The molecule has 2 heterocycles. The van der Waals surface area contributed by atoms with Crippen LogP contribution in [0.15, 0.2) is 17.8 Å². The predicted molar refractivity (Wildman–Crippen MR) is 62.8 cm³/mol. The van der Waals surface area contributed by atoms with Crippen LogP contribution in [-0.4, -0.2) is 15.4 Å². The first-order chi connectivity index (χ1) is 7.33. The zero-order valence-corrected chi connectivity index (χ0v) is 9.63. The van der Waals surface area contributed by atoms with E-state index in [0.717, 1.165) is 29.9 Å². The maximum Gasteiger partial charge on any atom is 0.193 e. The highest BCUT2D eigenvalue weighted by molar-refractivity contribution is 7.15. The SMILES string of the molecule is CCCC(Cc1cn2ccsc2n1)NN. The molecule has 5 heteroatoms. The van der Waals surface area contributed by atoms with Crippen LogP contribution in [0.3, 0.4) is 0 Å². The number of aromatic nitrogens is 2. The highest BCUT2D eigenvalue weighted by Crippen LogP contribution is 2.13. The van der Waals surface area contributed by atoms with Gasteiger partial charge in [-0.15, -0.1) is 11.3 Å². The van der Waals surface area contributed by atoms with Gasteiger partial charge in [0.25, 0.3) is 0 Å². The standard InChI is InChI=1S/C10H16N4S/c1-2-3-8(13-11)6-9-7-14-4-5-15-10(14)12-9/h4-5,7-8,13H,2-3,6,11H2,1H3. The second-order valence-corrected chi connectivity index (χ2v) is 4.55. The van der Waals surface area contributed by atoms with Crippen molar-refractivity contribution in [2.24, 2.45) is 5.84 Å². The van der Waals surface area contributed by atoms with Crippen molar-refractivity contribution in [2.45, 2.75) is 32.2 Å². The molecule has 2 aromatic heterocycles. The lowest BCUT2D eigenvalue weighted by Crippen LogP contribution is -2.36. The number of imidazole rings is 1. The van der Waals surface area contributed by atoms with Crippen LogP contribution in [0.4, 0.5) is 0 Å². The number of hydrogen-bond acceptors (Lipinski definition) is 4. The van der Waals surface area contributed by atoms with Crippen molar-refractivity contribution in [1.82, 2.24) is 14.8 Å². The molecule has 2 rings (SSSR count). The molecule has 1 atom stereocenters. The fourth-order valence-electron chi connectivity index (χ4n) is 1.72. The summed E-state index contributed by atoms with van der Waals surface area (Å²) in [5, 5.41) is 2.04. The largest absolute Gasteiger partial charge is 0.297 e. The number of rotatable bonds is 5. The van der Waals surface area contributed by atoms with Crippen molar-refractivity contribution in [2.75, 3.05) is 0 Å². The molecule has 0 saturated heterocycles. The first-order valence-electron chi connectivity index (χ1n) is 5.20. The predicted octanol–water partition coefficient (Wildman–Crippen LogP) is 1.57. The molecule has 0 radical (unpaired) electrons. The molecule has 0 amide bonds. The van der Waals surface area contributed by atoms with E-state index >= 15 is 0 Å². The van der Waals surface area contributed by atoms with Gasteiger partial charge < -0.3 is 0 Å². The van der Waals surface area contributed by atoms with Crippen LogP contribution in [0.2, 0.25) is 0 Å². The fourth-order valence-corrected chi connectivity index (χ4v) is 2.44. The molecule has 0 bridgehead atoms. The Balaban J connectivity index is 2.07. The molecule has 0 saturated carbocycles. The van der Waals surface area contributed by atoms with Crippen LogP contribution >= 0.6 is 11.3 Å². The Labute approximate surface area is 93.1 Å². The fraction of sp³-hybridized carbons (Fsp3) is 0.500. The molecule has 0 aliphatic heterocycles. The summed E-state index contributed by atoms with van der Waals surface area (Å²) < 4.78 is 2.06. The summed E-state index contributed by atoms with van der Waals surface area (Å²) in [6, 6.07) is 0.333. The van der Waals surface area contributed by atoms with Gasteiger partial charge in [0.2, 0.25) is 0 Å². The molecule has 82 valence electrons. The number of thiazole rings is 1. The molecule has 0 aromatic carbocycles. The lowest BCUT2D eigenvalue weighted by atomic mass is 10.1. The maximum absolute atomic E-state index is 5.49. The molecule has 3 N–H and O–H groups in total. The van der Waals surface area contributed by atoms with E-state index in [2.05, 4.69) is 27.9 Å². The third-order valence-corrected chi connectivity index (χ3v) is 3.24. The minimum atomic E-state index is 0.333. The van der Waals surface area contributed by atoms with Crippen molar-refractivity contribution in [3.05, 3.63) is 23.5 Å². The number of nitrogens with one attached hydrogen (secondary N) is 1. The Kier molecular flexibility index (Phi) is 3.35. The second kappa shape index (κ2) is 4.74. The summed E-state index contributed by atoms with van der Waals surface area (Å²) in [4.78, 5) is 5.58. The third-order valence-electron chi connectivity index (χ3n) is 2.47. The van der Waals surface area contributed by atoms with E-state index in [1.54, 1.807) is 11.3 Å². The van der Waals surface area contributed by atoms with Gasteiger partial charge in [-0.3, -0.25) is 15.7 Å². The van der Waals surface area contributed by atoms with Gasteiger partial charge >= 0.3 is 0 Å². The number of fused-ring (bicyclic) bond motifs is 1. The van der Waals surface area contributed by atoms with E-state index in [-0.39, 0.29) is 0 Å². The number of nitrogens with two attached hydrogens (primary N) is 1. The van der Waals surface area contributed by atoms with Crippen LogP contribution < -0.4 is 11.3 Å². The molecule has 0 aliphatic carbocycles. The van der Waals surface area contributed by atoms with Gasteiger partial charge in [0.1, 0.15) is 0 Å². The van der Waals surface area contributed by atoms with E-state index in [1.165, 1.54) is 0 Å². The second-order valence-electron chi connectivity index (χ2n) is 3.68. The van der Waals surface area contributed by atoms with Crippen molar-refractivity contribution >= 4 is 16.3 Å². The molecule has 15 heavy (non-hydrogen) atoms. The van der Waals surface area contributed by atoms with Crippen molar-refractivity contribution in [1.29, 1.82) is 0 Å². The van der Waals surface area contributed by atoms with Gasteiger partial charge in [0.15, 0.2) is 4.96 Å². The van der Waals surface area contributed by atoms with E-state index in [1.807, 2.05) is 11.6 Å². The number of nitrogens with zero attached hydrogens (tertiary/aromatic N) is 2. The highest BCUT2D eigenvalue weighted by atomic mass is 32.1. The van der Waals surface area contributed by atoms with Gasteiger partial charge in [0.05, 0.1) is 5.69 Å². The van der Waals surface area contributed by atoms with Crippen LogP contribution in [0.5, 0.6) is 0 Å². The summed E-state index contributed by atoms with van der Waals surface area (Å²) in [6.45, 7) is 2.16. The van der Waals surface area contributed by atoms with E-state index in [0.29, 0.717) is 6.04 Å². The van der Waals surface area contributed by atoms with Gasteiger partial charge in [0, 0.05) is 30.2 Å². The minimum Gasteiger partial charge on any atom is -0.297 e. The van der Waals surface area contributed by atoms with E-state index < -0.39 is 0 Å². The first kappa shape index (κ1) is 10.6. The molecule has 0 spiro atoms. The van der Waals surface area contributed by atoms with Gasteiger partial charge in [-0.25, -0.2) is 4.98 Å². The Morgan fingerprint density at radius 1 is 1.67 bits per heavy atom. The lowest BCUT2D eigenvalue weighted by Gasteiger charge is -2.12. The quantitative estimate of drug-likeness (QED) is 0.599. The molecular weight excluding hydrogens is 208 g/mol. The average molecular weight is 224 g/mol. The van der Waals surface area contributed by atoms with Crippen LogP contribution in [0.25, 0.3) is 4.96 Å². The number of hydrazine groups is 1. The molecule has 1 unspecified atom stereocenters. The molecule has 0 fully saturated rings. The van der Waals surface area contributed by atoms with Gasteiger partial charge in [-0.2, -0.15) is 0 Å². The van der Waals surface area contributed by atoms with Crippen molar-refractivity contribution < 1.29 is 0 Å². The molecule has 0 aliphatic rings. The summed E-state index contributed by atoms with van der Waals surface area (Å²) >= 11 is 1.66. The topological polar surface area (TPSA) is 55.3 Å². The Morgan fingerprint density at radius 3 is 3.20 bits per heavy atom. The molecule has 2 aromatic rings. The molecule has 4 nitrogen and oxygen atoms in total. The zero-order chi connectivity index (χ0) is 10.7.